The summed E-state index contributed by atoms with van der Waals surface area (Å²) >= 11 is 1.98. The Balaban J connectivity index is 1.49. The van der Waals surface area contributed by atoms with Crippen molar-refractivity contribution in [2.24, 2.45) is 5.92 Å². The normalized spacial score (nSPS) is 21.8. The second-order valence-corrected chi connectivity index (χ2v) is 7.44. The monoisotopic (exact) mass is 301 g/mol. The number of allylic oxidation sites excluding steroid dienone is 2. The van der Waals surface area contributed by atoms with Crippen LogP contribution in [0, 0.1) is 5.92 Å². The minimum atomic E-state index is 0.128. The molecule has 1 saturated carbocycles. The molecule has 0 unspecified atom stereocenters. The van der Waals surface area contributed by atoms with Gasteiger partial charge in [0.15, 0.2) is 0 Å². The van der Waals surface area contributed by atoms with Crippen LogP contribution in [0.15, 0.2) is 41.3 Å². The molecule has 1 amide bonds. The van der Waals surface area contributed by atoms with Gasteiger partial charge in [0, 0.05) is 22.3 Å². The van der Waals surface area contributed by atoms with Gasteiger partial charge in [0.25, 0.3) is 0 Å². The Morgan fingerprint density at radius 3 is 2.57 bits per heavy atom. The zero-order valence-electron chi connectivity index (χ0n) is 12.4. The molecule has 112 valence electrons. The Hall–Kier alpha value is -1.22. The number of amides is 1. The van der Waals surface area contributed by atoms with Crippen molar-refractivity contribution in [1.82, 2.24) is 0 Å². The number of carbonyl (C=O) groups excluding carboxylic acids is 1. The summed E-state index contributed by atoms with van der Waals surface area (Å²) in [6.45, 7) is 0. The molecule has 0 radical (unpaired) electrons. The summed E-state index contributed by atoms with van der Waals surface area (Å²) < 4.78 is 0. The minimum absolute atomic E-state index is 0.128. The van der Waals surface area contributed by atoms with Gasteiger partial charge in [0.2, 0.25) is 5.91 Å². The van der Waals surface area contributed by atoms with Crippen molar-refractivity contribution in [2.75, 3.05) is 5.32 Å². The fourth-order valence-corrected chi connectivity index (χ4v) is 4.38. The van der Waals surface area contributed by atoms with Gasteiger partial charge in [-0.2, -0.15) is 0 Å². The van der Waals surface area contributed by atoms with Crippen molar-refractivity contribution in [3.63, 3.8) is 0 Å². The maximum absolute atomic E-state index is 12.0. The third-order valence-corrected chi connectivity index (χ3v) is 5.65. The number of carbonyl (C=O) groups is 1. The van der Waals surface area contributed by atoms with E-state index in [4.69, 9.17) is 0 Å². The maximum atomic E-state index is 12.0. The molecule has 2 aliphatic carbocycles. The van der Waals surface area contributed by atoms with Crippen LogP contribution in [0.3, 0.4) is 0 Å². The summed E-state index contributed by atoms with van der Waals surface area (Å²) in [7, 11) is 0. The third kappa shape index (κ3) is 4.37. The molecule has 0 spiro atoms. The highest BCUT2D eigenvalue weighted by Crippen LogP contribution is 2.35. The molecule has 1 N–H and O–H groups in total. The minimum Gasteiger partial charge on any atom is -0.326 e. The molecule has 2 nitrogen and oxygen atoms in total. The lowest BCUT2D eigenvalue weighted by molar-refractivity contribution is -0.116. The zero-order chi connectivity index (χ0) is 14.5. The van der Waals surface area contributed by atoms with E-state index in [0.717, 1.165) is 23.8 Å². The van der Waals surface area contributed by atoms with Crippen LogP contribution < -0.4 is 5.32 Å². The average Bonchev–Trinajstić information content (AvgIpc) is 3.14. The number of thioether (sulfide) groups is 1. The molecule has 0 aromatic heterocycles. The van der Waals surface area contributed by atoms with Gasteiger partial charge in [-0.25, -0.2) is 0 Å². The lowest BCUT2D eigenvalue weighted by atomic mass is 10.1. The predicted octanol–water partition coefficient (Wildman–Crippen LogP) is 5.02. The third-order valence-electron chi connectivity index (χ3n) is 4.30. The van der Waals surface area contributed by atoms with Gasteiger partial charge < -0.3 is 5.32 Å². The highest BCUT2D eigenvalue weighted by atomic mass is 32.2. The van der Waals surface area contributed by atoms with Crippen molar-refractivity contribution in [2.45, 2.75) is 55.1 Å². The SMILES string of the molecule is O=C(C[C@H]1C=CCC1)Nc1ccc(SC2CCCC2)cc1. The van der Waals surface area contributed by atoms with Gasteiger partial charge in [0.05, 0.1) is 0 Å². The molecule has 1 atom stereocenters. The molecule has 3 rings (SSSR count). The van der Waals surface area contributed by atoms with E-state index in [0.29, 0.717) is 12.3 Å². The zero-order valence-corrected chi connectivity index (χ0v) is 13.2. The molecule has 2 aliphatic rings. The molecule has 0 heterocycles. The van der Waals surface area contributed by atoms with E-state index in [1.807, 2.05) is 23.9 Å². The maximum Gasteiger partial charge on any atom is 0.224 e. The fraction of sp³-hybridized carbons (Fsp3) is 0.500. The number of rotatable bonds is 5. The summed E-state index contributed by atoms with van der Waals surface area (Å²) in [5.41, 5.74) is 0.915. The van der Waals surface area contributed by atoms with Crippen LogP contribution in [0.5, 0.6) is 0 Å². The highest BCUT2D eigenvalue weighted by Gasteiger charge is 2.16. The summed E-state index contributed by atoms with van der Waals surface area (Å²) in [5.74, 6) is 0.560. The van der Waals surface area contributed by atoms with Crippen LogP contribution in [-0.2, 0) is 4.79 Å². The molecule has 1 aromatic carbocycles. The average molecular weight is 301 g/mol. The molecule has 3 heteroatoms. The van der Waals surface area contributed by atoms with E-state index < -0.39 is 0 Å². The Labute approximate surface area is 131 Å². The van der Waals surface area contributed by atoms with Gasteiger partial charge in [-0.3, -0.25) is 4.79 Å². The molecule has 1 fully saturated rings. The van der Waals surface area contributed by atoms with Crippen molar-refractivity contribution in [3.8, 4) is 0 Å². The van der Waals surface area contributed by atoms with Crippen LogP contribution in [0.1, 0.15) is 44.9 Å². The van der Waals surface area contributed by atoms with Crippen molar-refractivity contribution >= 4 is 23.4 Å². The Morgan fingerprint density at radius 1 is 1.14 bits per heavy atom. The highest BCUT2D eigenvalue weighted by molar-refractivity contribution is 8.00. The number of anilines is 1. The molecule has 0 bridgehead atoms. The molecular formula is C18H23NOS. The topological polar surface area (TPSA) is 29.1 Å². The van der Waals surface area contributed by atoms with E-state index in [-0.39, 0.29) is 5.91 Å². The van der Waals surface area contributed by atoms with Gasteiger partial charge in [-0.05, 0) is 55.9 Å². The van der Waals surface area contributed by atoms with Crippen LogP contribution >= 0.6 is 11.8 Å². The molecule has 0 aliphatic heterocycles. The van der Waals surface area contributed by atoms with Crippen LogP contribution in [0.25, 0.3) is 0 Å². The predicted molar refractivity (Wildman–Crippen MR) is 89.7 cm³/mol. The first-order chi connectivity index (χ1) is 10.3. The lowest BCUT2D eigenvalue weighted by Gasteiger charge is -2.11. The number of benzene rings is 1. The first-order valence-electron chi connectivity index (χ1n) is 8.03. The van der Waals surface area contributed by atoms with E-state index in [2.05, 4.69) is 29.6 Å². The summed E-state index contributed by atoms with van der Waals surface area (Å²) in [6, 6.07) is 8.32. The summed E-state index contributed by atoms with van der Waals surface area (Å²) in [4.78, 5) is 13.3. The molecular weight excluding hydrogens is 278 g/mol. The van der Waals surface area contributed by atoms with E-state index in [9.17, 15) is 4.79 Å². The Bertz CT molecular complexity index is 502. The Kier molecular flexibility index (Phi) is 5.02. The van der Waals surface area contributed by atoms with Gasteiger partial charge in [0.1, 0.15) is 0 Å². The van der Waals surface area contributed by atoms with Crippen molar-refractivity contribution in [3.05, 3.63) is 36.4 Å². The number of hydrogen-bond acceptors (Lipinski definition) is 2. The van der Waals surface area contributed by atoms with Crippen molar-refractivity contribution < 1.29 is 4.79 Å². The van der Waals surface area contributed by atoms with E-state index in [1.54, 1.807) is 0 Å². The molecule has 1 aromatic rings. The lowest BCUT2D eigenvalue weighted by Crippen LogP contribution is -2.14. The standard InChI is InChI=1S/C18H23NOS/c20-18(13-14-5-1-2-6-14)19-15-9-11-17(12-10-15)21-16-7-3-4-8-16/h1,5,9-12,14,16H,2-4,6-8,13H2,(H,19,20)/t14-/m0/s1. The summed E-state index contributed by atoms with van der Waals surface area (Å²) in [6.07, 6.45) is 12.6. The molecule has 0 saturated heterocycles. The van der Waals surface area contributed by atoms with Gasteiger partial charge >= 0.3 is 0 Å². The van der Waals surface area contributed by atoms with Crippen LogP contribution in [-0.4, -0.2) is 11.2 Å². The van der Waals surface area contributed by atoms with Crippen LogP contribution in [0.2, 0.25) is 0 Å². The van der Waals surface area contributed by atoms with Crippen LogP contribution in [0.4, 0.5) is 5.69 Å². The first kappa shape index (κ1) is 14.7. The first-order valence-corrected chi connectivity index (χ1v) is 8.91. The number of hydrogen-bond donors (Lipinski definition) is 1. The van der Waals surface area contributed by atoms with E-state index in [1.165, 1.54) is 30.6 Å². The Morgan fingerprint density at radius 2 is 1.90 bits per heavy atom. The van der Waals surface area contributed by atoms with Gasteiger partial charge in [-0.1, -0.05) is 25.0 Å². The fourth-order valence-electron chi connectivity index (χ4n) is 3.13. The quantitative estimate of drug-likeness (QED) is 0.774. The van der Waals surface area contributed by atoms with E-state index >= 15 is 0 Å². The summed E-state index contributed by atoms with van der Waals surface area (Å²) in [5, 5.41) is 3.80. The van der Waals surface area contributed by atoms with Crippen molar-refractivity contribution in [1.29, 1.82) is 0 Å². The largest absolute Gasteiger partial charge is 0.326 e. The number of nitrogens with one attached hydrogen (secondary N) is 1. The smallest absolute Gasteiger partial charge is 0.224 e. The second kappa shape index (κ2) is 7.17. The van der Waals surface area contributed by atoms with Gasteiger partial charge in [-0.15, -0.1) is 11.8 Å². The molecule has 21 heavy (non-hydrogen) atoms. The second-order valence-electron chi connectivity index (χ2n) is 6.07.